The number of ether oxygens (including phenoxy) is 1. The standard InChI is InChI=1S/C13H21BrN2O/c1-10(2)16(7-6-15)9-11-8-12(17-3)4-5-13(11)14/h4-5,8,10H,6-7,9,15H2,1-3H3. The van der Waals surface area contributed by atoms with Gasteiger partial charge in [0, 0.05) is 30.1 Å². The summed E-state index contributed by atoms with van der Waals surface area (Å²) in [6.45, 7) is 6.83. The summed E-state index contributed by atoms with van der Waals surface area (Å²) in [6, 6.07) is 6.53. The van der Waals surface area contributed by atoms with Crippen molar-refractivity contribution in [3.05, 3.63) is 28.2 Å². The molecule has 0 spiro atoms. The van der Waals surface area contributed by atoms with Gasteiger partial charge in [0.05, 0.1) is 7.11 Å². The monoisotopic (exact) mass is 300 g/mol. The molecule has 3 nitrogen and oxygen atoms in total. The zero-order chi connectivity index (χ0) is 12.8. The molecule has 0 aliphatic rings. The molecular formula is C13H21BrN2O. The van der Waals surface area contributed by atoms with E-state index in [0.717, 1.165) is 23.3 Å². The van der Waals surface area contributed by atoms with Crippen molar-refractivity contribution in [1.82, 2.24) is 4.90 Å². The van der Waals surface area contributed by atoms with Gasteiger partial charge in [-0.25, -0.2) is 0 Å². The van der Waals surface area contributed by atoms with Crippen LogP contribution in [0.25, 0.3) is 0 Å². The minimum Gasteiger partial charge on any atom is -0.497 e. The zero-order valence-corrected chi connectivity index (χ0v) is 12.3. The largest absolute Gasteiger partial charge is 0.497 e. The molecule has 1 aromatic rings. The molecule has 1 aromatic carbocycles. The summed E-state index contributed by atoms with van der Waals surface area (Å²) < 4.78 is 6.36. The van der Waals surface area contributed by atoms with E-state index >= 15 is 0 Å². The average Bonchev–Trinajstić information content (AvgIpc) is 2.31. The fourth-order valence-corrected chi connectivity index (χ4v) is 2.08. The number of rotatable bonds is 6. The third kappa shape index (κ3) is 4.30. The Morgan fingerprint density at radius 2 is 2.12 bits per heavy atom. The Hall–Kier alpha value is -0.580. The molecule has 0 saturated heterocycles. The van der Waals surface area contributed by atoms with E-state index in [-0.39, 0.29) is 0 Å². The van der Waals surface area contributed by atoms with Crippen LogP contribution in [0.4, 0.5) is 0 Å². The lowest BCUT2D eigenvalue weighted by Crippen LogP contribution is -2.34. The average molecular weight is 301 g/mol. The first-order chi connectivity index (χ1) is 8.08. The highest BCUT2D eigenvalue weighted by Gasteiger charge is 2.11. The molecule has 0 heterocycles. The highest BCUT2D eigenvalue weighted by Crippen LogP contribution is 2.24. The molecule has 1 rings (SSSR count). The van der Waals surface area contributed by atoms with Crippen molar-refractivity contribution < 1.29 is 4.74 Å². The number of halogens is 1. The summed E-state index contributed by atoms with van der Waals surface area (Å²) in [6.07, 6.45) is 0. The lowest BCUT2D eigenvalue weighted by atomic mass is 10.1. The van der Waals surface area contributed by atoms with Crippen molar-refractivity contribution in [1.29, 1.82) is 0 Å². The van der Waals surface area contributed by atoms with Crippen LogP contribution in [-0.2, 0) is 6.54 Å². The predicted molar refractivity (Wildman–Crippen MR) is 75.3 cm³/mol. The molecule has 0 aliphatic heterocycles. The molecule has 2 N–H and O–H groups in total. The normalized spacial score (nSPS) is 11.2. The molecule has 0 unspecified atom stereocenters. The van der Waals surface area contributed by atoms with Gasteiger partial charge in [0.1, 0.15) is 5.75 Å². The zero-order valence-electron chi connectivity index (χ0n) is 10.7. The summed E-state index contributed by atoms with van der Waals surface area (Å²) in [4.78, 5) is 2.35. The summed E-state index contributed by atoms with van der Waals surface area (Å²) in [5, 5.41) is 0. The van der Waals surface area contributed by atoms with Gasteiger partial charge in [-0.15, -0.1) is 0 Å². The van der Waals surface area contributed by atoms with Crippen LogP contribution in [0, 0.1) is 0 Å². The molecule has 0 radical (unpaired) electrons. The van der Waals surface area contributed by atoms with E-state index in [4.69, 9.17) is 10.5 Å². The highest BCUT2D eigenvalue weighted by atomic mass is 79.9. The smallest absolute Gasteiger partial charge is 0.119 e. The molecule has 0 atom stereocenters. The minimum absolute atomic E-state index is 0.483. The van der Waals surface area contributed by atoms with Crippen molar-refractivity contribution in [3.63, 3.8) is 0 Å². The Balaban J connectivity index is 2.84. The molecule has 17 heavy (non-hydrogen) atoms. The molecule has 0 saturated carbocycles. The van der Waals surface area contributed by atoms with Gasteiger partial charge in [0.15, 0.2) is 0 Å². The highest BCUT2D eigenvalue weighted by molar-refractivity contribution is 9.10. The first kappa shape index (κ1) is 14.5. The maximum atomic E-state index is 5.64. The van der Waals surface area contributed by atoms with Crippen molar-refractivity contribution >= 4 is 15.9 Å². The SMILES string of the molecule is COc1ccc(Br)c(CN(CCN)C(C)C)c1. The number of nitrogens with zero attached hydrogens (tertiary/aromatic N) is 1. The summed E-state index contributed by atoms with van der Waals surface area (Å²) in [7, 11) is 1.69. The van der Waals surface area contributed by atoms with Gasteiger partial charge in [-0.05, 0) is 37.6 Å². The third-order valence-corrected chi connectivity index (χ3v) is 3.55. The Bertz CT molecular complexity index is 355. The quantitative estimate of drug-likeness (QED) is 0.878. The molecule has 0 fully saturated rings. The second kappa shape index (κ2) is 6.99. The van der Waals surface area contributed by atoms with Crippen molar-refractivity contribution in [2.75, 3.05) is 20.2 Å². The van der Waals surface area contributed by atoms with Crippen LogP contribution in [-0.4, -0.2) is 31.1 Å². The van der Waals surface area contributed by atoms with E-state index in [9.17, 15) is 0 Å². The third-order valence-electron chi connectivity index (χ3n) is 2.77. The number of hydrogen-bond acceptors (Lipinski definition) is 3. The van der Waals surface area contributed by atoms with Crippen LogP contribution in [0.3, 0.4) is 0 Å². The number of nitrogens with two attached hydrogens (primary N) is 1. The van der Waals surface area contributed by atoms with Crippen LogP contribution in [0.15, 0.2) is 22.7 Å². The van der Waals surface area contributed by atoms with E-state index in [0.29, 0.717) is 12.6 Å². The van der Waals surface area contributed by atoms with Gasteiger partial charge in [-0.3, -0.25) is 4.90 Å². The number of methoxy groups -OCH3 is 1. The summed E-state index contributed by atoms with van der Waals surface area (Å²) in [5.74, 6) is 0.889. The van der Waals surface area contributed by atoms with Crippen LogP contribution in [0.2, 0.25) is 0 Å². The first-order valence-electron chi connectivity index (χ1n) is 5.85. The van der Waals surface area contributed by atoms with Gasteiger partial charge < -0.3 is 10.5 Å². The second-order valence-corrected chi connectivity index (χ2v) is 5.16. The van der Waals surface area contributed by atoms with Gasteiger partial charge in [-0.2, -0.15) is 0 Å². The van der Waals surface area contributed by atoms with Crippen LogP contribution in [0.5, 0.6) is 5.75 Å². The van der Waals surface area contributed by atoms with E-state index in [1.165, 1.54) is 5.56 Å². The van der Waals surface area contributed by atoms with Gasteiger partial charge in [0.25, 0.3) is 0 Å². The molecule has 96 valence electrons. The summed E-state index contributed by atoms with van der Waals surface area (Å²) in [5.41, 5.74) is 6.87. The van der Waals surface area contributed by atoms with E-state index in [1.807, 2.05) is 12.1 Å². The van der Waals surface area contributed by atoms with Gasteiger partial charge in [0.2, 0.25) is 0 Å². The molecule has 0 bridgehead atoms. The fourth-order valence-electron chi connectivity index (χ4n) is 1.70. The molecule has 4 heteroatoms. The van der Waals surface area contributed by atoms with E-state index < -0.39 is 0 Å². The van der Waals surface area contributed by atoms with Crippen LogP contribution < -0.4 is 10.5 Å². The van der Waals surface area contributed by atoms with Crippen LogP contribution in [0.1, 0.15) is 19.4 Å². The Labute approximate surface area is 112 Å². The van der Waals surface area contributed by atoms with Crippen molar-refractivity contribution in [3.8, 4) is 5.75 Å². The Morgan fingerprint density at radius 3 is 2.65 bits per heavy atom. The maximum Gasteiger partial charge on any atom is 0.119 e. The topological polar surface area (TPSA) is 38.5 Å². The molecule has 0 amide bonds. The first-order valence-corrected chi connectivity index (χ1v) is 6.64. The van der Waals surface area contributed by atoms with Crippen molar-refractivity contribution in [2.45, 2.75) is 26.4 Å². The van der Waals surface area contributed by atoms with Gasteiger partial charge >= 0.3 is 0 Å². The van der Waals surface area contributed by atoms with E-state index in [2.05, 4.69) is 40.7 Å². The second-order valence-electron chi connectivity index (χ2n) is 4.31. The Kier molecular flexibility index (Phi) is 5.95. The lowest BCUT2D eigenvalue weighted by Gasteiger charge is -2.26. The predicted octanol–water partition coefficient (Wildman–Crippen LogP) is 2.63. The number of hydrogen-bond donors (Lipinski definition) is 1. The van der Waals surface area contributed by atoms with Crippen LogP contribution >= 0.6 is 15.9 Å². The lowest BCUT2D eigenvalue weighted by molar-refractivity contribution is 0.218. The maximum absolute atomic E-state index is 5.64. The van der Waals surface area contributed by atoms with E-state index in [1.54, 1.807) is 7.11 Å². The Morgan fingerprint density at radius 1 is 1.41 bits per heavy atom. The molecule has 0 aliphatic carbocycles. The molecular weight excluding hydrogens is 280 g/mol. The minimum atomic E-state index is 0.483. The fraction of sp³-hybridized carbons (Fsp3) is 0.538. The van der Waals surface area contributed by atoms with Gasteiger partial charge in [-0.1, -0.05) is 15.9 Å². The number of benzene rings is 1. The van der Waals surface area contributed by atoms with Crippen molar-refractivity contribution in [2.24, 2.45) is 5.73 Å². The molecule has 0 aromatic heterocycles. The summed E-state index contributed by atoms with van der Waals surface area (Å²) >= 11 is 3.57.